The predicted octanol–water partition coefficient (Wildman–Crippen LogP) is 5.89. The Kier molecular flexibility index (Phi) is 13.4. The van der Waals surface area contributed by atoms with Gasteiger partial charge in [-0.3, -0.25) is 4.79 Å². The van der Waals surface area contributed by atoms with Crippen LogP contribution in [-0.4, -0.2) is 61.5 Å². The highest BCUT2D eigenvalue weighted by Crippen LogP contribution is 2.35. The number of carbonyl (C=O) groups is 4. The average molecular weight is 584 g/mol. The minimum atomic E-state index is -1.42. The zero-order valence-electron chi connectivity index (χ0n) is 25.5. The number of carboxylic acids is 1. The number of aliphatic carboxylic acids is 1. The van der Waals surface area contributed by atoms with Gasteiger partial charge in [0.2, 0.25) is 0 Å². The zero-order valence-corrected chi connectivity index (χ0v) is 25.5. The lowest BCUT2D eigenvalue weighted by Gasteiger charge is -2.25. The number of ether oxygens (including phenoxy) is 6. The summed E-state index contributed by atoms with van der Waals surface area (Å²) in [6, 6.07) is 2.69. The molecule has 1 aromatic carbocycles. The van der Waals surface area contributed by atoms with Gasteiger partial charge in [-0.05, 0) is 47.8 Å². The Morgan fingerprint density at radius 2 is 1.32 bits per heavy atom. The molecule has 12 nitrogen and oxygen atoms in total. The van der Waals surface area contributed by atoms with Gasteiger partial charge in [0.05, 0.1) is 19.8 Å². The van der Waals surface area contributed by atoms with Gasteiger partial charge < -0.3 is 39.3 Å². The lowest BCUT2D eigenvalue weighted by molar-refractivity contribution is -0.139. The highest BCUT2D eigenvalue weighted by Gasteiger charge is 2.31. The molecule has 0 saturated heterocycles. The van der Waals surface area contributed by atoms with Crippen LogP contribution in [0.15, 0.2) is 18.2 Å². The molecule has 0 heterocycles. The summed E-state index contributed by atoms with van der Waals surface area (Å²) < 4.78 is 31.3. The standard InChI is InChI=1S/C29H45NO11/c1-17(2)14-36-25(33)39-18(3)12-20(23(30)24(31)32)19-10-11-21(40-26(34)37-15-28(4,5)6)22(13-19)41-27(35)38-16-29(7,8)9/h10-11,13,17-18,20,23H,12,14-16,30H2,1-9H3,(H,31,32)/t18?,20?,23-/m0/s1. The van der Waals surface area contributed by atoms with Gasteiger partial charge in [0.25, 0.3) is 0 Å². The van der Waals surface area contributed by atoms with Crippen molar-refractivity contribution < 1.29 is 52.7 Å². The van der Waals surface area contributed by atoms with E-state index in [1.54, 1.807) is 6.92 Å². The molecule has 0 spiro atoms. The average Bonchev–Trinajstić information content (AvgIpc) is 2.83. The Hall–Kier alpha value is -3.54. The Balaban J connectivity index is 3.30. The number of carbonyl (C=O) groups excluding carboxylic acids is 3. The van der Waals surface area contributed by atoms with E-state index in [-0.39, 0.29) is 54.5 Å². The van der Waals surface area contributed by atoms with Crippen LogP contribution in [0.4, 0.5) is 14.4 Å². The molecule has 232 valence electrons. The number of nitrogens with two attached hydrogens (primary N) is 1. The van der Waals surface area contributed by atoms with Crippen LogP contribution in [-0.2, 0) is 23.7 Å². The summed E-state index contributed by atoms with van der Waals surface area (Å²) in [6.07, 6.45) is -3.77. The SMILES string of the molecule is CC(C)COC(=O)OC(C)CC(c1ccc(OC(=O)OCC(C)(C)C)c(OC(=O)OCC(C)(C)C)c1)[C@H](N)C(=O)O. The van der Waals surface area contributed by atoms with Crippen LogP contribution < -0.4 is 15.2 Å². The molecule has 0 aliphatic rings. The minimum Gasteiger partial charge on any atom is -0.480 e. The van der Waals surface area contributed by atoms with Crippen molar-refractivity contribution in [2.45, 2.75) is 86.8 Å². The van der Waals surface area contributed by atoms with E-state index >= 15 is 0 Å². The van der Waals surface area contributed by atoms with Gasteiger partial charge in [0.1, 0.15) is 12.1 Å². The Bertz CT molecular complexity index is 1040. The van der Waals surface area contributed by atoms with Crippen molar-refractivity contribution in [1.29, 1.82) is 0 Å². The number of carboxylic acid groups (broad SMARTS) is 1. The first-order valence-electron chi connectivity index (χ1n) is 13.4. The fraction of sp³-hybridized carbons (Fsp3) is 0.655. The molecule has 0 aliphatic heterocycles. The van der Waals surface area contributed by atoms with E-state index in [9.17, 15) is 24.3 Å². The fourth-order valence-corrected chi connectivity index (χ4v) is 3.21. The van der Waals surface area contributed by atoms with Crippen molar-refractivity contribution in [3.63, 3.8) is 0 Å². The third-order valence-electron chi connectivity index (χ3n) is 5.17. The Morgan fingerprint density at radius 1 is 0.805 bits per heavy atom. The van der Waals surface area contributed by atoms with Gasteiger partial charge >= 0.3 is 24.4 Å². The molecule has 0 bridgehead atoms. The van der Waals surface area contributed by atoms with E-state index in [2.05, 4.69) is 0 Å². The third-order valence-corrected chi connectivity index (χ3v) is 5.17. The normalized spacial score (nSPS) is 13.9. The summed E-state index contributed by atoms with van der Waals surface area (Å²) in [6.45, 7) is 16.8. The van der Waals surface area contributed by atoms with Crippen LogP contribution >= 0.6 is 0 Å². The molecule has 1 rings (SSSR count). The van der Waals surface area contributed by atoms with Crippen LogP contribution in [0.2, 0.25) is 0 Å². The van der Waals surface area contributed by atoms with Crippen LogP contribution in [0.1, 0.15) is 80.2 Å². The second-order valence-corrected chi connectivity index (χ2v) is 12.7. The fourth-order valence-electron chi connectivity index (χ4n) is 3.21. The maximum absolute atomic E-state index is 12.5. The summed E-state index contributed by atoms with van der Waals surface area (Å²) in [5, 5.41) is 9.66. The van der Waals surface area contributed by atoms with Crippen LogP contribution in [0.25, 0.3) is 0 Å². The topological polar surface area (TPSA) is 170 Å². The van der Waals surface area contributed by atoms with Gasteiger partial charge in [-0.2, -0.15) is 0 Å². The van der Waals surface area contributed by atoms with Crippen LogP contribution in [0, 0.1) is 16.7 Å². The van der Waals surface area contributed by atoms with Crippen molar-refractivity contribution in [3.05, 3.63) is 23.8 Å². The molecule has 1 aromatic rings. The molecule has 0 amide bonds. The van der Waals surface area contributed by atoms with E-state index in [4.69, 9.17) is 34.2 Å². The molecule has 0 saturated carbocycles. The molecule has 41 heavy (non-hydrogen) atoms. The Labute approximate surface area is 241 Å². The lowest BCUT2D eigenvalue weighted by Crippen LogP contribution is -2.38. The van der Waals surface area contributed by atoms with E-state index in [0.29, 0.717) is 5.56 Å². The van der Waals surface area contributed by atoms with Gasteiger partial charge in [-0.25, -0.2) is 14.4 Å². The number of hydrogen-bond acceptors (Lipinski definition) is 11. The zero-order chi connectivity index (χ0) is 31.5. The van der Waals surface area contributed by atoms with Gasteiger partial charge in [0, 0.05) is 5.92 Å². The van der Waals surface area contributed by atoms with Gasteiger partial charge in [0.15, 0.2) is 11.5 Å². The maximum Gasteiger partial charge on any atom is 0.513 e. The molecule has 3 atom stereocenters. The monoisotopic (exact) mass is 583 g/mol. The van der Waals surface area contributed by atoms with Crippen molar-refractivity contribution in [2.24, 2.45) is 22.5 Å². The molecule has 3 N–H and O–H groups in total. The Morgan fingerprint density at radius 3 is 1.78 bits per heavy atom. The summed E-state index contributed by atoms with van der Waals surface area (Å²) in [5.41, 5.74) is 5.66. The first-order valence-corrected chi connectivity index (χ1v) is 13.4. The highest BCUT2D eigenvalue weighted by molar-refractivity contribution is 5.75. The molecule has 0 aliphatic carbocycles. The molecular weight excluding hydrogens is 538 g/mol. The van der Waals surface area contributed by atoms with E-state index in [1.165, 1.54) is 18.2 Å². The first kappa shape index (κ1) is 35.5. The summed E-state index contributed by atoms with van der Waals surface area (Å²) in [7, 11) is 0. The van der Waals surface area contributed by atoms with Gasteiger partial charge in [-0.1, -0.05) is 61.5 Å². The highest BCUT2D eigenvalue weighted by atomic mass is 16.7. The largest absolute Gasteiger partial charge is 0.513 e. The minimum absolute atomic E-state index is 0.00795. The van der Waals surface area contributed by atoms with Crippen molar-refractivity contribution in [2.75, 3.05) is 19.8 Å². The summed E-state index contributed by atoms with van der Waals surface area (Å²) >= 11 is 0. The molecule has 0 radical (unpaired) electrons. The predicted molar refractivity (Wildman–Crippen MR) is 149 cm³/mol. The van der Waals surface area contributed by atoms with E-state index in [1.807, 2.05) is 55.4 Å². The third kappa shape index (κ3) is 14.6. The van der Waals surface area contributed by atoms with E-state index < -0.39 is 42.5 Å². The second kappa shape index (κ2) is 15.5. The number of hydrogen-bond donors (Lipinski definition) is 2. The number of rotatable bonds is 12. The summed E-state index contributed by atoms with van der Waals surface area (Å²) in [4.78, 5) is 48.7. The van der Waals surface area contributed by atoms with Crippen LogP contribution in [0.5, 0.6) is 11.5 Å². The first-order chi connectivity index (χ1) is 18.8. The lowest BCUT2D eigenvalue weighted by atomic mass is 9.87. The molecular formula is C29H45NO11. The van der Waals surface area contributed by atoms with E-state index in [0.717, 1.165) is 0 Å². The quantitative estimate of drug-likeness (QED) is 0.170. The number of benzene rings is 1. The maximum atomic E-state index is 12.5. The van der Waals surface area contributed by atoms with Crippen molar-refractivity contribution >= 4 is 24.4 Å². The smallest absolute Gasteiger partial charge is 0.480 e. The molecule has 2 unspecified atom stereocenters. The molecule has 0 fully saturated rings. The van der Waals surface area contributed by atoms with Crippen LogP contribution in [0.3, 0.4) is 0 Å². The molecule has 12 heteroatoms. The van der Waals surface area contributed by atoms with Gasteiger partial charge in [-0.15, -0.1) is 0 Å². The molecule has 0 aromatic heterocycles. The summed E-state index contributed by atoms with van der Waals surface area (Å²) in [5.74, 6) is -2.49. The second-order valence-electron chi connectivity index (χ2n) is 12.7. The van der Waals surface area contributed by atoms with Crippen molar-refractivity contribution in [1.82, 2.24) is 0 Å². The van der Waals surface area contributed by atoms with Crippen molar-refractivity contribution in [3.8, 4) is 11.5 Å².